The van der Waals surface area contributed by atoms with Crippen LogP contribution in [-0.2, 0) is 13.0 Å². The predicted octanol–water partition coefficient (Wildman–Crippen LogP) is 3.46. The average Bonchev–Trinajstić information content (AvgIpc) is 3.43. The molecule has 0 aliphatic heterocycles. The molecule has 0 amide bonds. The van der Waals surface area contributed by atoms with Gasteiger partial charge in [0, 0.05) is 25.1 Å². The summed E-state index contributed by atoms with van der Waals surface area (Å²) in [5.74, 6) is 3.67. The molecular formula is C22H30N6O2. The summed E-state index contributed by atoms with van der Waals surface area (Å²) in [6.45, 7) is 8.92. The average molecular weight is 411 g/mol. The number of furan rings is 1. The van der Waals surface area contributed by atoms with Gasteiger partial charge in [0.2, 0.25) is 5.82 Å². The van der Waals surface area contributed by atoms with Crippen molar-refractivity contribution >= 4 is 5.96 Å². The summed E-state index contributed by atoms with van der Waals surface area (Å²) in [4.78, 5) is 9.17. The number of aliphatic imine (C=N–C) groups is 1. The second-order valence-corrected chi connectivity index (χ2v) is 6.91. The van der Waals surface area contributed by atoms with Gasteiger partial charge in [-0.2, -0.15) is 5.10 Å². The Morgan fingerprint density at radius 1 is 1.23 bits per heavy atom. The zero-order valence-electron chi connectivity index (χ0n) is 17.9. The van der Waals surface area contributed by atoms with Crippen LogP contribution in [0, 0.1) is 6.92 Å². The Labute approximate surface area is 177 Å². The van der Waals surface area contributed by atoms with Crippen molar-refractivity contribution in [2.45, 2.75) is 40.2 Å². The van der Waals surface area contributed by atoms with E-state index in [2.05, 4.69) is 57.9 Å². The standard InChI is InChI=1S/C22H30N6O2/c1-4-12-29-19-14-16(3)8-9-17(19)15-25-22(23-5-2)24-11-10-20-26-21(28-27-20)18-7-6-13-30-18/h6-9,13-14H,4-5,10-12,15H2,1-3H3,(H2,23,24,25)(H,26,27,28). The molecule has 2 aromatic heterocycles. The first-order chi connectivity index (χ1) is 14.7. The third kappa shape index (κ3) is 6.10. The number of H-pyrrole nitrogens is 1. The van der Waals surface area contributed by atoms with Crippen LogP contribution in [0.15, 0.2) is 46.0 Å². The zero-order valence-corrected chi connectivity index (χ0v) is 17.9. The Bertz CT molecular complexity index is 933. The molecule has 8 heteroatoms. The van der Waals surface area contributed by atoms with Gasteiger partial charge in [-0.05, 0) is 44.0 Å². The Kier molecular flexibility index (Phi) is 7.88. The maximum absolute atomic E-state index is 5.89. The molecule has 2 heterocycles. The fraction of sp³-hybridized carbons (Fsp3) is 0.409. The molecule has 3 rings (SSSR count). The Morgan fingerprint density at radius 2 is 2.13 bits per heavy atom. The maximum Gasteiger partial charge on any atom is 0.216 e. The van der Waals surface area contributed by atoms with Crippen molar-refractivity contribution < 1.29 is 9.15 Å². The van der Waals surface area contributed by atoms with Crippen molar-refractivity contribution in [3.8, 4) is 17.3 Å². The number of ether oxygens (including phenoxy) is 1. The van der Waals surface area contributed by atoms with Gasteiger partial charge >= 0.3 is 0 Å². The summed E-state index contributed by atoms with van der Waals surface area (Å²) < 4.78 is 11.2. The third-order valence-electron chi connectivity index (χ3n) is 4.36. The molecule has 0 saturated heterocycles. The molecule has 0 bridgehead atoms. The highest BCUT2D eigenvalue weighted by Crippen LogP contribution is 2.21. The minimum absolute atomic E-state index is 0.541. The first kappa shape index (κ1) is 21.4. The van der Waals surface area contributed by atoms with Crippen LogP contribution in [0.25, 0.3) is 11.6 Å². The van der Waals surface area contributed by atoms with Gasteiger partial charge in [-0.25, -0.2) is 9.98 Å². The third-order valence-corrected chi connectivity index (χ3v) is 4.36. The summed E-state index contributed by atoms with van der Waals surface area (Å²) in [7, 11) is 0. The van der Waals surface area contributed by atoms with Crippen LogP contribution >= 0.6 is 0 Å². The predicted molar refractivity (Wildman–Crippen MR) is 118 cm³/mol. The van der Waals surface area contributed by atoms with E-state index < -0.39 is 0 Å². The minimum atomic E-state index is 0.541. The van der Waals surface area contributed by atoms with E-state index in [4.69, 9.17) is 14.1 Å². The summed E-state index contributed by atoms with van der Waals surface area (Å²) in [6, 6.07) is 9.90. The van der Waals surface area contributed by atoms with Gasteiger partial charge in [0.25, 0.3) is 0 Å². The maximum atomic E-state index is 5.89. The van der Waals surface area contributed by atoms with Gasteiger partial charge in [-0.15, -0.1) is 0 Å². The topological polar surface area (TPSA) is 100 Å². The number of nitrogens with one attached hydrogen (secondary N) is 3. The van der Waals surface area contributed by atoms with Gasteiger partial charge in [0.1, 0.15) is 11.6 Å². The van der Waals surface area contributed by atoms with Crippen LogP contribution in [0.4, 0.5) is 0 Å². The number of aromatic amines is 1. The van der Waals surface area contributed by atoms with E-state index in [9.17, 15) is 0 Å². The largest absolute Gasteiger partial charge is 0.493 e. The van der Waals surface area contributed by atoms with Crippen LogP contribution in [-0.4, -0.2) is 40.8 Å². The number of hydrogen-bond acceptors (Lipinski definition) is 5. The Morgan fingerprint density at radius 3 is 2.90 bits per heavy atom. The molecule has 0 aliphatic rings. The normalized spacial score (nSPS) is 11.5. The zero-order chi connectivity index (χ0) is 21.2. The summed E-state index contributed by atoms with van der Waals surface area (Å²) in [5, 5.41) is 13.8. The molecule has 3 aromatic rings. The fourth-order valence-corrected chi connectivity index (χ4v) is 2.87. The molecule has 8 nitrogen and oxygen atoms in total. The lowest BCUT2D eigenvalue weighted by Gasteiger charge is -2.13. The lowest BCUT2D eigenvalue weighted by atomic mass is 10.1. The second-order valence-electron chi connectivity index (χ2n) is 6.91. The van der Waals surface area contributed by atoms with Crippen molar-refractivity contribution in [1.29, 1.82) is 0 Å². The number of hydrogen-bond donors (Lipinski definition) is 3. The number of aromatic nitrogens is 3. The van der Waals surface area contributed by atoms with Gasteiger partial charge in [-0.3, -0.25) is 5.10 Å². The highest BCUT2D eigenvalue weighted by atomic mass is 16.5. The molecular weight excluding hydrogens is 380 g/mol. The van der Waals surface area contributed by atoms with E-state index in [1.165, 1.54) is 5.56 Å². The van der Waals surface area contributed by atoms with Gasteiger partial charge in [0.05, 0.1) is 19.4 Å². The van der Waals surface area contributed by atoms with E-state index in [1.54, 1.807) is 6.26 Å². The van der Waals surface area contributed by atoms with E-state index >= 15 is 0 Å². The van der Waals surface area contributed by atoms with E-state index in [0.717, 1.165) is 36.1 Å². The van der Waals surface area contributed by atoms with Gasteiger partial charge in [-0.1, -0.05) is 19.1 Å². The van der Waals surface area contributed by atoms with Crippen LogP contribution in [0.5, 0.6) is 5.75 Å². The molecule has 0 fully saturated rings. The lowest BCUT2D eigenvalue weighted by Crippen LogP contribution is -2.38. The summed E-state index contributed by atoms with van der Waals surface area (Å²) in [6.07, 6.45) is 3.27. The van der Waals surface area contributed by atoms with Crippen LogP contribution in [0.1, 0.15) is 37.2 Å². The number of rotatable bonds is 10. The number of guanidine groups is 1. The van der Waals surface area contributed by atoms with E-state index in [-0.39, 0.29) is 0 Å². The second kappa shape index (κ2) is 11.0. The molecule has 0 unspecified atom stereocenters. The van der Waals surface area contributed by atoms with E-state index in [1.807, 2.05) is 19.1 Å². The van der Waals surface area contributed by atoms with Crippen molar-refractivity contribution in [3.05, 3.63) is 53.5 Å². The number of nitrogens with zero attached hydrogens (tertiary/aromatic N) is 3. The SMILES string of the molecule is CCCOc1cc(C)ccc1CN=C(NCC)NCCc1nc(-c2ccco2)n[nH]1. The summed E-state index contributed by atoms with van der Waals surface area (Å²) in [5.41, 5.74) is 2.25. The lowest BCUT2D eigenvalue weighted by molar-refractivity contribution is 0.314. The molecule has 3 N–H and O–H groups in total. The first-order valence-corrected chi connectivity index (χ1v) is 10.4. The highest BCUT2D eigenvalue weighted by Gasteiger charge is 2.09. The van der Waals surface area contributed by atoms with Crippen molar-refractivity contribution in [1.82, 2.24) is 25.8 Å². The quantitative estimate of drug-likeness (QED) is 0.350. The number of aryl methyl sites for hydroxylation is 1. The molecule has 160 valence electrons. The van der Waals surface area contributed by atoms with Crippen molar-refractivity contribution in [2.75, 3.05) is 19.7 Å². The van der Waals surface area contributed by atoms with Crippen molar-refractivity contribution in [2.24, 2.45) is 4.99 Å². The minimum Gasteiger partial charge on any atom is -0.493 e. The van der Waals surface area contributed by atoms with Gasteiger partial charge in [0.15, 0.2) is 11.7 Å². The first-order valence-electron chi connectivity index (χ1n) is 10.4. The molecule has 0 saturated carbocycles. The van der Waals surface area contributed by atoms with Crippen molar-refractivity contribution in [3.63, 3.8) is 0 Å². The van der Waals surface area contributed by atoms with Gasteiger partial charge < -0.3 is 19.8 Å². The van der Waals surface area contributed by atoms with Crippen LogP contribution in [0.3, 0.4) is 0 Å². The Balaban J connectivity index is 1.57. The molecule has 0 atom stereocenters. The van der Waals surface area contributed by atoms with E-state index in [0.29, 0.717) is 37.7 Å². The number of benzene rings is 1. The molecule has 0 spiro atoms. The highest BCUT2D eigenvalue weighted by molar-refractivity contribution is 5.79. The molecule has 1 aromatic carbocycles. The van der Waals surface area contributed by atoms with Crippen LogP contribution < -0.4 is 15.4 Å². The molecule has 0 radical (unpaired) electrons. The monoisotopic (exact) mass is 410 g/mol. The smallest absolute Gasteiger partial charge is 0.216 e. The molecule has 30 heavy (non-hydrogen) atoms. The Hall–Kier alpha value is -3.29. The fourth-order valence-electron chi connectivity index (χ4n) is 2.87. The molecule has 0 aliphatic carbocycles. The summed E-state index contributed by atoms with van der Waals surface area (Å²) >= 11 is 0. The van der Waals surface area contributed by atoms with Crippen LogP contribution in [0.2, 0.25) is 0 Å².